The summed E-state index contributed by atoms with van der Waals surface area (Å²) in [4.78, 5) is 11.8. The van der Waals surface area contributed by atoms with E-state index in [1.165, 1.54) is 6.21 Å². The van der Waals surface area contributed by atoms with E-state index < -0.39 is 15.8 Å². The van der Waals surface area contributed by atoms with Gasteiger partial charge in [-0.1, -0.05) is 6.92 Å². The van der Waals surface area contributed by atoms with E-state index in [2.05, 4.69) is 17.5 Å². The Morgan fingerprint density at radius 3 is 2.86 bits per heavy atom. The minimum Gasteiger partial charge on any atom is -0.460 e. The number of hydrazone groups is 1. The first-order chi connectivity index (χ1) is 9.94. The topological polar surface area (TPSA) is 88.7 Å². The number of rotatable bonds is 4. The third-order valence-electron chi connectivity index (χ3n) is 4.09. The molecule has 0 unspecified atom stereocenters. The van der Waals surface area contributed by atoms with Crippen molar-refractivity contribution in [3.05, 3.63) is 23.7 Å². The molecule has 7 heteroatoms. The summed E-state index contributed by atoms with van der Waals surface area (Å²) in [7, 11) is -3.05. The van der Waals surface area contributed by atoms with E-state index in [-0.39, 0.29) is 17.4 Å². The minimum absolute atomic E-state index is 0.0793. The van der Waals surface area contributed by atoms with Gasteiger partial charge in [-0.05, 0) is 30.9 Å². The zero-order chi connectivity index (χ0) is 15.0. The number of carbonyl (C=O) groups excluding carboxylic acids is 1. The van der Waals surface area contributed by atoms with Gasteiger partial charge in [0.1, 0.15) is 11.5 Å². The molecule has 2 aliphatic rings. The van der Waals surface area contributed by atoms with E-state index in [1.54, 1.807) is 0 Å². The van der Waals surface area contributed by atoms with Crippen LogP contribution < -0.4 is 5.43 Å². The Hall–Kier alpha value is -1.63. The Kier molecular flexibility index (Phi) is 3.61. The van der Waals surface area contributed by atoms with Gasteiger partial charge in [-0.3, -0.25) is 4.79 Å². The molecule has 1 aromatic rings. The van der Waals surface area contributed by atoms with Gasteiger partial charge < -0.3 is 4.42 Å². The molecule has 0 aromatic carbocycles. The van der Waals surface area contributed by atoms with Gasteiger partial charge >= 0.3 is 0 Å². The van der Waals surface area contributed by atoms with Crippen LogP contribution in [0.3, 0.4) is 0 Å². The fourth-order valence-electron chi connectivity index (χ4n) is 2.61. The van der Waals surface area contributed by atoms with Gasteiger partial charge in [0.25, 0.3) is 0 Å². The molecule has 1 saturated carbocycles. The van der Waals surface area contributed by atoms with Crippen LogP contribution in [-0.2, 0) is 14.6 Å². The lowest BCUT2D eigenvalue weighted by Gasteiger charge is -2.04. The standard InChI is InChI=1S/C14H18N2O4S/c1-9-6-12(9)13-3-2-11(20-13)7-15-16-14(17)10-4-5-21(18,19)8-10/h2-3,7,9-10,12H,4-6,8H2,1H3,(H,16,17)/b15-7-/t9-,10-,12+/m1/s1. The van der Waals surface area contributed by atoms with Crippen LogP contribution in [0.2, 0.25) is 0 Å². The van der Waals surface area contributed by atoms with Gasteiger partial charge in [0.05, 0.1) is 23.6 Å². The molecule has 0 radical (unpaired) electrons. The second-order valence-corrected chi connectivity index (χ2v) is 8.12. The second-order valence-electron chi connectivity index (χ2n) is 5.89. The van der Waals surface area contributed by atoms with E-state index in [9.17, 15) is 13.2 Å². The van der Waals surface area contributed by atoms with Gasteiger partial charge in [-0.2, -0.15) is 5.10 Å². The number of nitrogens with zero attached hydrogens (tertiary/aromatic N) is 1. The number of sulfone groups is 1. The third-order valence-corrected chi connectivity index (χ3v) is 5.86. The van der Waals surface area contributed by atoms with Crippen molar-refractivity contribution in [1.82, 2.24) is 5.43 Å². The molecule has 1 aromatic heterocycles. The molecule has 3 rings (SSSR count). The van der Waals surface area contributed by atoms with Crippen LogP contribution in [0.1, 0.15) is 37.2 Å². The molecule has 6 nitrogen and oxygen atoms in total. The minimum atomic E-state index is -3.05. The van der Waals surface area contributed by atoms with E-state index >= 15 is 0 Å². The summed E-state index contributed by atoms with van der Waals surface area (Å²) in [6, 6.07) is 3.75. The molecule has 21 heavy (non-hydrogen) atoms. The molecule has 1 aliphatic heterocycles. The number of nitrogens with one attached hydrogen (secondary N) is 1. The highest BCUT2D eigenvalue weighted by atomic mass is 32.2. The van der Waals surface area contributed by atoms with Crippen molar-refractivity contribution in [2.75, 3.05) is 11.5 Å². The largest absolute Gasteiger partial charge is 0.460 e. The van der Waals surface area contributed by atoms with Crippen LogP contribution in [0.15, 0.2) is 21.7 Å². The second kappa shape index (κ2) is 5.29. The van der Waals surface area contributed by atoms with Crippen molar-refractivity contribution in [2.24, 2.45) is 16.9 Å². The van der Waals surface area contributed by atoms with E-state index in [0.717, 1.165) is 12.2 Å². The fourth-order valence-corrected chi connectivity index (χ4v) is 4.35. The van der Waals surface area contributed by atoms with Crippen molar-refractivity contribution in [2.45, 2.75) is 25.7 Å². The van der Waals surface area contributed by atoms with Gasteiger partial charge in [0, 0.05) is 5.92 Å². The number of hydrogen-bond donors (Lipinski definition) is 1. The molecule has 1 N–H and O–H groups in total. The third kappa shape index (κ3) is 3.34. The number of hydrogen-bond acceptors (Lipinski definition) is 5. The SMILES string of the molecule is C[C@@H]1C[C@@H]1c1ccc(/C=N\NC(=O)[C@@H]2CCS(=O)(=O)C2)o1. The molecule has 1 saturated heterocycles. The Morgan fingerprint density at radius 2 is 2.24 bits per heavy atom. The average molecular weight is 310 g/mol. The highest BCUT2D eigenvalue weighted by Gasteiger charge is 2.36. The summed E-state index contributed by atoms with van der Waals surface area (Å²) in [6.45, 7) is 2.18. The lowest BCUT2D eigenvalue weighted by molar-refractivity contribution is -0.124. The number of carbonyl (C=O) groups is 1. The first-order valence-electron chi connectivity index (χ1n) is 7.08. The predicted octanol–water partition coefficient (Wildman–Crippen LogP) is 1.29. The average Bonchev–Trinajstić information content (AvgIpc) is 2.85. The van der Waals surface area contributed by atoms with Crippen molar-refractivity contribution in [3.8, 4) is 0 Å². The summed E-state index contributed by atoms with van der Waals surface area (Å²) in [5.41, 5.74) is 2.38. The monoisotopic (exact) mass is 310 g/mol. The molecule has 1 aliphatic carbocycles. The van der Waals surface area contributed by atoms with E-state index in [0.29, 0.717) is 24.0 Å². The quantitative estimate of drug-likeness (QED) is 0.670. The van der Waals surface area contributed by atoms with Crippen molar-refractivity contribution in [1.29, 1.82) is 0 Å². The lowest BCUT2D eigenvalue weighted by atomic mass is 10.1. The smallest absolute Gasteiger partial charge is 0.244 e. The predicted molar refractivity (Wildman–Crippen MR) is 77.7 cm³/mol. The normalized spacial score (nSPS) is 30.6. The molecule has 114 valence electrons. The van der Waals surface area contributed by atoms with Crippen molar-refractivity contribution < 1.29 is 17.6 Å². The first-order valence-corrected chi connectivity index (χ1v) is 8.90. The summed E-state index contributed by atoms with van der Waals surface area (Å²) in [6.07, 6.45) is 2.96. The van der Waals surface area contributed by atoms with E-state index in [1.807, 2.05) is 12.1 Å². The Labute approximate surface area is 123 Å². The molecule has 0 bridgehead atoms. The number of furan rings is 1. The fraction of sp³-hybridized carbons (Fsp3) is 0.571. The van der Waals surface area contributed by atoms with Crippen LogP contribution in [0.5, 0.6) is 0 Å². The maximum absolute atomic E-state index is 11.8. The zero-order valence-corrected chi connectivity index (χ0v) is 12.6. The van der Waals surface area contributed by atoms with Gasteiger partial charge in [-0.15, -0.1) is 0 Å². The Bertz CT molecular complexity index is 677. The Morgan fingerprint density at radius 1 is 1.48 bits per heavy atom. The lowest BCUT2D eigenvalue weighted by Crippen LogP contribution is -2.27. The molecule has 3 atom stereocenters. The first kappa shape index (κ1) is 14.3. The van der Waals surface area contributed by atoms with Crippen molar-refractivity contribution >= 4 is 22.0 Å². The maximum Gasteiger partial charge on any atom is 0.244 e. The summed E-state index contributed by atoms with van der Waals surface area (Å²) in [5.74, 6) is 1.87. The van der Waals surface area contributed by atoms with Gasteiger partial charge in [0.15, 0.2) is 9.84 Å². The molecule has 1 amide bonds. The van der Waals surface area contributed by atoms with Crippen molar-refractivity contribution in [3.63, 3.8) is 0 Å². The van der Waals surface area contributed by atoms with Crippen LogP contribution in [0.4, 0.5) is 0 Å². The van der Waals surface area contributed by atoms with Gasteiger partial charge in [-0.25, -0.2) is 13.8 Å². The van der Waals surface area contributed by atoms with Crippen LogP contribution in [0, 0.1) is 11.8 Å². The molecule has 2 fully saturated rings. The highest BCUT2D eigenvalue weighted by molar-refractivity contribution is 7.91. The summed E-state index contributed by atoms with van der Waals surface area (Å²) < 4.78 is 28.2. The maximum atomic E-state index is 11.8. The highest BCUT2D eigenvalue weighted by Crippen LogP contribution is 2.47. The van der Waals surface area contributed by atoms with Gasteiger partial charge in [0.2, 0.25) is 5.91 Å². The van der Waals surface area contributed by atoms with Crippen LogP contribution in [0.25, 0.3) is 0 Å². The zero-order valence-electron chi connectivity index (χ0n) is 11.8. The van der Waals surface area contributed by atoms with Crippen LogP contribution >= 0.6 is 0 Å². The summed E-state index contributed by atoms with van der Waals surface area (Å²) in [5, 5.41) is 3.83. The summed E-state index contributed by atoms with van der Waals surface area (Å²) >= 11 is 0. The molecule has 0 spiro atoms. The number of amides is 1. The molecule has 2 heterocycles. The molecular weight excluding hydrogens is 292 g/mol. The Balaban J connectivity index is 1.52. The van der Waals surface area contributed by atoms with Crippen LogP contribution in [-0.4, -0.2) is 32.0 Å². The molecular formula is C14H18N2O4S. The van der Waals surface area contributed by atoms with E-state index in [4.69, 9.17) is 4.42 Å².